The van der Waals surface area contributed by atoms with E-state index >= 15 is 0 Å². The monoisotopic (exact) mass is 279 g/mol. The SMILES string of the molecule is CCCOc1cc(N)cc(NCCN2CCOCC2)c1. The van der Waals surface area contributed by atoms with Crippen molar-refractivity contribution in [3.05, 3.63) is 18.2 Å². The van der Waals surface area contributed by atoms with Crippen LogP contribution in [0.15, 0.2) is 18.2 Å². The molecule has 1 aromatic carbocycles. The number of ether oxygens (including phenoxy) is 2. The molecule has 0 atom stereocenters. The van der Waals surface area contributed by atoms with Gasteiger partial charge in [0.1, 0.15) is 5.75 Å². The average Bonchev–Trinajstić information content (AvgIpc) is 2.46. The largest absolute Gasteiger partial charge is 0.493 e. The Labute approximate surface area is 121 Å². The molecule has 0 amide bonds. The third-order valence-corrected chi connectivity index (χ3v) is 3.26. The van der Waals surface area contributed by atoms with Crippen LogP contribution in [0.4, 0.5) is 11.4 Å². The minimum atomic E-state index is 0.719. The van der Waals surface area contributed by atoms with Crippen LogP contribution >= 0.6 is 0 Å². The molecular weight excluding hydrogens is 254 g/mol. The van der Waals surface area contributed by atoms with Gasteiger partial charge < -0.3 is 20.5 Å². The number of nitrogens with two attached hydrogens (primary N) is 1. The molecule has 0 saturated carbocycles. The molecule has 1 saturated heterocycles. The number of morpholine rings is 1. The summed E-state index contributed by atoms with van der Waals surface area (Å²) in [5.74, 6) is 0.834. The lowest BCUT2D eigenvalue weighted by Crippen LogP contribution is -2.39. The highest BCUT2D eigenvalue weighted by atomic mass is 16.5. The van der Waals surface area contributed by atoms with Crippen LogP contribution in [0.2, 0.25) is 0 Å². The van der Waals surface area contributed by atoms with E-state index in [2.05, 4.69) is 17.1 Å². The predicted octanol–water partition coefficient (Wildman–Crippen LogP) is 1.80. The fourth-order valence-electron chi connectivity index (χ4n) is 2.21. The Morgan fingerprint density at radius 2 is 2.10 bits per heavy atom. The maximum absolute atomic E-state index is 5.90. The Kier molecular flexibility index (Phi) is 5.95. The third kappa shape index (κ3) is 4.90. The number of nitrogens with one attached hydrogen (secondary N) is 1. The van der Waals surface area contributed by atoms with Crippen molar-refractivity contribution < 1.29 is 9.47 Å². The van der Waals surface area contributed by atoms with Gasteiger partial charge in [0.25, 0.3) is 0 Å². The van der Waals surface area contributed by atoms with Crippen LogP contribution < -0.4 is 15.8 Å². The summed E-state index contributed by atoms with van der Waals surface area (Å²) in [7, 11) is 0. The smallest absolute Gasteiger partial charge is 0.123 e. The molecule has 5 heteroatoms. The van der Waals surface area contributed by atoms with Crippen LogP contribution in [0.25, 0.3) is 0 Å². The van der Waals surface area contributed by atoms with E-state index in [9.17, 15) is 0 Å². The van der Waals surface area contributed by atoms with Crippen LogP contribution in [0.3, 0.4) is 0 Å². The molecule has 1 aliphatic rings. The number of anilines is 2. The van der Waals surface area contributed by atoms with E-state index in [0.29, 0.717) is 0 Å². The van der Waals surface area contributed by atoms with Crippen LogP contribution in [0.5, 0.6) is 5.75 Å². The van der Waals surface area contributed by atoms with Gasteiger partial charge in [0.2, 0.25) is 0 Å². The number of benzene rings is 1. The van der Waals surface area contributed by atoms with Crippen LogP contribution in [0.1, 0.15) is 13.3 Å². The van der Waals surface area contributed by atoms with Crippen LogP contribution in [-0.4, -0.2) is 50.9 Å². The normalized spacial score (nSPS) is 16.1. The Morgan fingerprint density at radius 1 is 1.30 bits per heavy atom. The Morgan fingerprint density at radius 3 is 2.85 bits per heavy atom. The fourth-order valence-corrected chi connectivity index (χ4v) is 2.21. The van der Waals surface area contributed by atoms with Crippen LogP contribution in [0, 0.1) is 0 Å². The molecule has 1 aliphatic heterocycles. The van der Waals surface area contributed by atoms with E-state index in [1.807, 2.05) is 18.2 Å². The number of nitrogens with zero attached hydrogens (tertiary/aromatic N) is 1. The summed E-state index contributed by atoms with van der Waals surface area (Å²) >= 11 is 0. The zero-order chi connectivity index (χ0) is 14.2. The van der Waals surface area contributed by atoms with E-state index in [-0.39, 0.29) is 0 Å². The molecule has 1 heterocycles. The molecule has 0 radical (unpaired) electrons. The molecule has 2 rings (SSSR count). The lowest BCUT2D eigenvalue weighted by atomic mass is 10.2. The van der Waals surface area contributed by atoms with Crippen molar-refractivity contribution in [3.8, 4) is 5.75 Å². The Hall–Kier alpha value is -1.46. The van der Waals surface area contributed by atoms with E-state index in [0.717, 1.165) is 69.5 Å². The summed E-state index contributed by atoms with van der Waals surface area (Å²) < 4.78 is 11.0. The van der Waals surface area contributed by atoms with Gasteiger partial charge in [-0.25, -0.2) is 0 Å². The van der Waals surface area contributed by atoms with Gasteiger partial charge in [-0.15, -0.1) is 0 Å². The van der Waals surface area contributed by atoms with Crippen molar-refractivity contribution in [2.45, 2.75) is 13.3 Å². The molecular formula is C15H25N3O2. The second-order valence-electron chi connectivity index (χ2n) is 5.02. The summed E-state index contributed by atoms with van der Waals surface area (Å²) in [4.78, 5) is 2.40. The molecule has 0 aromatic heterocycles. The fraction of sp³-hybridized carbons (Fsp3) is 0.600. The summed E-state index contributed by atoms with van der Waals surface area (Å²) in [6.45, 7) is 8.44. The average molecular weight is 279 g/mol. The minimum Gasteiger partial charge on any atom is -0.493 e. The first-order valence-corrected chi connectivity index (χ1v) is 7.35. The van der Waals surface area contributed by atoms with E-state index in [4.69, 9.17) is 15.2 Å². The maximum Gasteiger partial charge on any atom is 0.123 e. The highest BCUT2D eigenvalue weighted by Crippen LogP contribution is 2.22. The van der Waals surface area contributed by atoms with Crippen LogP contribution in [-0.2, 0) is 4.74 Å². The van der Waals surface area contributed by atoms with E-state index in [1.54, 1.807) is 0 Å². The highest BCUT2D eigenvalue weighted by Gasteiger charge is 2.09. The summed E-state index contributed by atoms with van der Waals surface area (Å²) in [6, 6.07) is 5.81. The Bertz CT molecular complexity index is 406. The molecule has 0 unspecified atom stereocenters. The molecule has 5 nitrogen and oxygen atoms in total. The summed E-state index contributed by atoms with van der Waals surface area (Å²) in [5, 5.41) is 3.41. The second kappa shape index (κ2) is 7.97. The standard InChI is InChI=1S/C15H25N3O2/c1-2-7-20-15-11-13(16)10-14(12-15)17-3-4-18-5-8-19-9-6-18/h10-12,17H,2-9,16H2,1H3. The quantitative estimate of drug-likeness (QED) is 0.745. The van der Waals surface area contributed by atoms with Gasteiger partial charge in [-0.2, -0.15) is 0 Å². The van der Waals surface area contributed by atoms with Gasteiger partial charge >= 0.3 is 0 Å². The van der Waals surface area contributed by atoms with E-state index in [1.165, 1.54) is 0 Å². The summed E-state index contributed by atoms with van der Waals surface area (Å²) in [6.07, 6.45) is 0.995. The lowest BCUT2D eigenvalue weighted by molar-refractivity contribution is 0.0398. The first kappa shape index (κ1) is 14.9. The number of hydrogen-bond donors (Lipinski definition) is 2. The zero-order valence-corrected chi connectivity index (χ0v) is 12.2. The molecule has 112 valence electrons. The minimum absolute atomic E-state index is 0.719. The molecule has 20 heavy (non-hydrogen) atoms. The van der Waals surface area contributed by atoms with Gasteiger partial charge in [-0.05, 0) is 12.5 Å². The van der Waals surface area contributed by atoms with Crippen molar-refractivity contribution in [2.75, 3.05) is 57.1 Å². The molecule has 0 spiro atoms. The second-order valence-corrected chi connectivity index (χ2v) is 5.02. The predicted molar refractivity (Wildman–Crippen MR) is 82.4 cm³/mol. The van der Waals surface area contributed by atoms with Crippen molar-refractivity contribution in [3.63, 3.8) is 0 Å². The summed E-state index contributed by atoms with van der Waals surface area (Å²) in [5.41, 5.74) is 7.65. The van der Waals surface area contributed by atoms with E-state index < -0.39 is 0 Å². The van der Waals surface area contributed by atoms with Crippen molar-refractivity contribution >= 4 is 11.4 Å². The van der Waals surface area contributed by atoms with Gasteiger partial charge in [0, 0.05) is 49.7 Å². The topological polar surface area (TPSA) is 59.8 Å². The van der Waals surface area contributed by atoms with Gasteiger partial charge in [-0.1, -0.05) is 6.92 Å². The maximum atomic E-state index is 5.90. The first-order valence-electron chi connectivity index (χ1n) is 7.35. The molecule has 1 fully saturated rings. The lowest BCUT2D eigenvalue weighted by Gasteiger charge is -2.26. The number of rotatable bonds is 7. The molecule has 0 aliphatic carbocycles. The number of hydrogen-bond acceptors (Lipinski definition) is 5. The molecule has 1 aromatic rings. The number of nitrogen functional groups attached to an aromatic ring is 1. The first-order chi connectivity index (χ1) is 9.78. The van der Waals surface area contributed by atoms with Crippen molar-refractivity contribution in [2.24, 2.45) is 0 Å². The highest BCUT2D eigenvalue weighted by molar-refractivity contribution is 5.59. The zero-order valence-electron chi connectivity index (χ0n) is 12.2. The van der Waals surface area contributed by atoms with Gasteiger partial charge in [0.05, 0.1) is 19.8 Å². The van der Waals surface area contributed by atoms with Gasteiger partial charge in [0.15, 0.2) is 0 Å². The van der Waals surface area contributed by atoms with Crippen molar-refractivity contribution in [1.29, 1.82) is 0 Å². The Balaban J connectivity index is 1.80. The van der Waals surface area contributed by atoms with Gasteiger partial charge in [-0.3, -0.25) is 4.90 Å². The molecule has 3 N–H and O–H groups in total. The molecule has 0 bridgehead atoms. The van der Waals surface area contributed by atoms with Crippen molar-refractivity contribution in [1.82, 2.24) is 4.90 Å². The third-order valence-electron chi connectivity index (χ3n) is 3.26.